The van der Waals surface area contributed by atoms with Gasteiger partial charge >= 0.3 is 0 Å². The summed E-state index contributed by atoms with van der Waals surface area (Å²) < 4.78 is 5.33. The lowest BCUT2D eigenvalue weighted by molar-refractivity contribution is 0.397. The Kier molecular flexibility index (Phi) is 3.39. The van der Waals surface area contributed by atoms with Crippen molar-refractivity contribution in [2.24, 2.45) is 0 Å². The highest BCUT2D eigenvalue weighted by molar-refractivity contribution is 5.75. The summed E-state index contributed by atoms with van der Waals surface area (Å²) in [5.41, 5.74) is 2.40. The maximum absolute atomic E-state index is 8.83. The summed E-state index contributed by atoms with van der Waals surface area (Å²) in [6, 6.07) is 7.79. The van der Waals surface area contributed by atoms with Gasteiger partial charge in [0.15, 0.2) is 0 Å². The first kappa shape index (κ1) is 12.3. The van der Waals surface area contributed by atoms with E-state index in [4.69, 9.17) is 10.00 Å². The molecule has 0 aliphatic rings. The van der Waals surface area contributed by atoms with Gasteiger partial charge in [-0.3, -0.25) is 0 Å². The molecule has 0 saturated carbocycles. The predicted octanol–water partition coefficient (Wildman–Crippen LogP) is 3.53. The average Bonchev–Trinajstić information content (AvgIpc) is 2.26. The van der Waals surface area contributed by atoms with Gasteiger partial charge in [-0.05, 0) is 29.2 Å². The summed E-state index contributed by atoms with van der Waals surface area (Å²) in [5, 5.41) is 8.83. The molecule has 0 spiro atoms. The molecule has 1 rings (SSSR count). The number of benzene rings is 1. The third-order valence-electron chi connectivity index (χ3n) is 2.49. The monoisotopic (exact) mass is 215 g/mol. The van der Waals surface area contributed by atoms with E-state index in [-0.39, 0.29) is 5.41 Å². The van der Waals surface area contributed by atoms with Crippen LogP contribution in [0.5, 0.6) is 5.75 Å². The highest BCUT2D eigenvalue weighted by atomic mass is 16.5. The van der Waals surface area contributed by atoms with Crippen LogP contribution >= 0.6 is 0 Å². The predicted molar refractivity (Wildman–Crippen MR) is 66.3 cm³/mol. The summed E-state index contributed by atoms with van der Waals surface area (Å²) in [7, 11) is 1.66. The lowest BCUT2D eigenvalue weighted by Crippen LogP contribution is -2.13. The molecule has 0 fully saturated rings. The minimum Gasteiger partial charge on any atom is -0.496 e. The molecule has 0 aliphatic heterocycles. The fourth-order valence-corrected chi connectivity index (χ4v) is 1.55. The van der Waals surface area contributed by atoms with E-state index in [2.05, 4.69) is 33.4 Å². The second kappa shape index (κ2) is 4.40. The topological polar surface area (TPSA) is 33.0 Å². The van der Waals surface area contributed by atoms with E-state index < -0.39 is 0 Å². The van der Waals surface area contributed by atoms with Crippen LogP contribution in [0.3, 0.4) is 0 Å². The van der Waals surface area contributed by atoms with Gasteiger partial charge in [0.25, 0.3) is 0 Å². The molecule has 0 aromatic heterocycles. The van der Waals surface area contributed by atoms with Crippen LogP contribution in [-0.4, -0.2) is 7.11 Å². The molecule has 2 nitrogen and oxygen atoms in total. The fourth-order valence-electron chi connectivity index (χ4n) is 1.55. The van der Waals surface area contributed by atoms with Gasteiger partial charge in [0.05, 0.1) is 18.8 Å². The average molecular weight is 215 g/mol. The molecule has 0 amide bonds. The second-order valence-electron chi connectivity index (χ2n) is 4.76. The highest BCUT2D eigenvalue weighted by Gasteiger charge is 2.19. The molecule has 16 heavy (non-hydrogen) atoms. The standard InChI is InChI=1S/C14H17NO/c1-10(9-15)11-6-7-13(16-5)12(8-11)14(2,3)4/h6-8H,1H2,2-5H3. The summed E-state index contributed by atoms with van der Waals surface area (Å²) >= 11 is 0. The minimum absolute atomic E-state index is 0.0168. The Morgan fingerprint density at radius 2 is 2.00 bits per heavy atom. The van der Waals surface area contributed by atoms with Gasteiger partial charge in [0.1, 0.15) is 5.75 Å². The van der Waals surface area contributed by atoms with E-state index in [1.165, 1.54) is 0 Å². The Morgan fingerprint density at radius 1 is 1.38 bits per heavy atom. The summed E-state index contributed by atoms with van der Waals surface area (Å²) in [4.78, 5) is 0. The van der Waals surface area contributed by atoms with Crippen molar-refractivity contribution >= 4 is 5.57 Å². The first-order valence-corrected chi connectivity index (χ1v) is 5.18. The first-order valence-electron chi connectivity index (χ1n) is 5.18. The van der Waals surface area contributed by atoms with Crippen molar-refractivity contribution in [3.63, 3.8) is 0 Å². The van der Waals surface area contributed by atoms with E-state index >= 15 is 0 Å². The molecule has 2 heteroatoms. The van der Waals surface area contributed by atoms with Crippen LogP contribution in [0.25, 0.3) is 5.57 Å². The van der Waals surface area contributed by atoms with Gasteiger partial charge in [0, 0.05) is 5.56 Å². The number of methoxy groups -OCH3 is 1. The molecule has 1 aromatic carbocycles. The van der Waals surface area contributed by atoms with E-state index in [1.807, 2.05) is 18.2 Å². The van der Waals surface area contributed by atoms with E-state index in [1.54, 1.807) is 7.11 Å². The maximum atomic E-state index is 8.83. The third-order valence-corrected chi connectivity index (χ3v) is 2.49. The van der Waals surface area contributed by atoms with Crippen molar-refractivity contribution in [3.8, 4) is 11.8 Å². The van der Waals surface area contributed by atoms with Crippen LogP contribution in [0.4, 0.5) is 0 Å². The zero-order chi connectivity index (χ0) is 12.3. The Bertz CT molecular complexity index is 447. The van der Waals surface area contributed by atoms with Gasteiger partial charge in [-0.1, -0.05) is 27.4 Å². The van der Waals surface area contributed by atoms with Crippen molar-refractivity contribution in [1.29, 1.82) is 5.26 Å². The normalized spacial score (nSPS) is 10.7. The zero-order valence-corrected chi connectivity index (χ0v) is 10.3. The molecular formula is C14H17NO. The second-order valence-corrected chi connectivity index (χ2v) is 4.76. The number of nitriles is 1. The molecule has 0 heterocycles. The van der Waals surface area contributed by atoms with E-state index in [0.29, 0.717) is 5.57 Å². The SMILES string of the molecule is C=C(C#N)c1ccc(OC)c(C(C)(C)C)c1. The van der Waals surface area contributed by atoms with Crippen molar-refractivity contribution in [1.82, 2.24) is 0 Å². The lowest BCUT2D eigenvalue weighted by atomic mass is 9.85. The number of hydrogen-bond acceptors (Lipinski definition) is 2. The fraction of sp³-hybridized carbons (Fsp3) is 0.357. The maximum Gasteiger partial charge on any atom is 0.122 e. The Labute approximate surface area is 97.2 Å². The summed E-state index contributed by atoms with van der Waals surface area (Å²) in [5.74, 6) is 0.849. The summed E-state index contributed by atoms with van der Waals surface area (Å²) in [6.45, 7) is 10.1. The number of nitrogens with zero attached hydrogens (tertiary/aromatic N) is 1. The number of rotatable bonds is 2. The molecule has 0 bridgehead atoms. The summed E-state index contributed by atoms with van der Waals surface area (Å²) in [6.07, 6.45) is 0. The van der Waals surface area contributed by atoms with Gasteiger partial charge in [0.2, 0.25) is 0 Å². The highest BCUT2D eigenvalue weighted by Crippen LogP contribution is 2.33. The number of ether oxygens (including phenoxy) is 1. The molecule has 0 unspecified atom stereocenters. The van der Waals surface area contributed by atoms with Gasteiger partial charge in [-0.2, -0.15) is 5.26 Å². The molecule has 0 saturated heterocycles. The number of allylic oxidation sites excluding steroid dienone is 1. The van der Waals surface area contributed by atoms with Crippen LogP contribution in [0.1, 0.15) is 31.9 Å². The molecule has 1 aromatic rings. The van der Waals surface area contributed by atoms with E-state index in [9.17, 15) is 0 Å². The Morgan fingerprint density at radius 3 is 2.44 bits per heavy atom. The quantitative estimate of drug-likeness (QED) is 0.707. The van der Waals surface area contributed by atoms with Gasteiger partial charge < -0.3 is 4.74 Å². The number of hydrogen-bond donors (Lipinski definition) is 0. The Hall–Kier alpha value is -1.75. The van der Waals surface area contributed by atoms with Gasteiger partial charge in [-0.25, -0.2) is 0 Å². The minimum atomic E-state index is -0.0168. The zero-order valence-electron chi connectivity index (χ0n) is 10.3. The molecule has 0 aliphatic carbocycles. The molecule has 0 radical (unpaired) electrons. The van der Waals surface area contributed by atoms with Crippen LogP contribution < -0.4 is 4.74 Å². The Balaban J connectivity index is 3.34. The molecule has 0 N–H and O–H groups in total. The van der Waals surface area contributed by atoms with Crippen molar-refractivity contribution in [3.05, 3.63) is 35.9 Å². The van der Waals surface area contributed by atoms with Crippen molar-refractivity contribution in [2.45, 2.75) is 26.2 Å². The smallest absolute Gasteiger partial charge is 0.122 e. The lowest BCUT2D eigenvalue weighted by Gasteiger charge is -2.22. The van der Waals surface area contributed by atoms with Crippen LogP contribution in [0.15, 0.2) is 24.8 Å². The largest absolute Gasteiger partial charge is 0.496 e. The van der Waals surface area contributed by atoms with Crippen molar-refractivity contribution in [2.75, 3.05) is 7.11 Å². The van der Waals surface area contributed by atoms with E-state index in [0.717, 1.165) is 16.9 Å². The van der Waals surface area contributed by atoms with Crippen LogP contribution in [0.2, 0.25) is 0 Å². The molecule has 84 valence electrons. The molecule has 0 atom stereocenters. The van der Waals surface area contributed by atoms with Gasteiger partial charge in [-0.15, -0.1) is 0 Å². The third kappa shape index (κ3) is 2.43. The van der Waals surface area contributed by atoms with Crippen molar-refractivity contribution < 1.29 is 4.74 Å². The molecular weight excluding hydrogens is 198 g/mol. The first-order chi connectivity index (χ1) is 7.40. The van der Waals surface area contributed by atoms with Crippen LogP contribution in [-0.2, 0) is 5.41 Å². The van der Waals surface area contributed by atoms with Crippen LogP contribution in [0, 0.1) is 11.3 Å².